The number of halogens is 2. The van der Waals surface area contributed by atoms with E-state index in [0.717, 1.165) is 5.56 Å². The minimum absolute atomic E-state index is 0.0186. The third-order valence-electron chi connectivity index (χ3n) is 5.66. The molecule has 1 N–H and O–H groups in total. The van der Waals surface area contributed by atoms with Gasteiger partial charge in [0.15, 0.2) is 0 Å². The molecule has 6 nitrogen and oxygen atoms in total. The monoisotopic (exact) mass is 495 g/mol. The summed E-state index contributed by atoms with van der Waals surface area (Å²) in [7, 11) is 0. The normalized spacial score (nSPS) is 18.2. The second kappa shape index (κ2) is 9.87. The molecule has 0 unspecified atom stereocenters. The van der Waals surface area contributed by atoms with Gasteiger partial charge in [-0.25, -0.2) is 9.80 Å². The fourth-order valence-corrected chi connectivity index (χ4v) is 3.96. The smallest absolute Gasteiger partial charge is 0.342 e. The molecule has 0 saturated heterocycles. The Morgan fingerprint density at radius 3 is 2.18 bits per heavy atom. The number of amides is 2. The average molecular weight is 496 g/mol. The maximum atomic E-state index is 13.5. The average Bonchev–Trinajstić information content (AvgIpc) is 3.20. The number of hydrogen-bond acceptors (Lipinski definition) is 4. The Labute approximate surface area is 208 Å². The van der Waals surface area contributed by atoms with Crippen LogP contribution in [-0.2, 0) is 9.53 Å². The Bertz CT molecular complexity index is 1210. The highest BCUT2D eigenvalue weighted by molar-refractivity contribution is 6.31. The number of carbonyl (C=O) groups is 2. The lowest BCUT2D eigenvalue weighted by molar-refractivity contribution is -0.156. The number of nitrogens with zero attached hydrogens (tertiary/aromatic N) is 2. The number of hydrazone groups is 1. The predicted molar refractivity (Wildman–Crippen MR) is 134 cm³/mol. The summed E-state index contributed by atoms with van der Waals surface area (Å²) in [5, 5.41) is 9.67. The maximum absolute atomic E-state index is 13.5. The van der Waals surface area contributed by atoms with Crippen LogP contribution in [0.15, 0.2) is 84.0 Å². The second-order valence-corrected chi connectivity index (χ2v) is 9.11. The molecule has 0 radical (unpaired) electrons. The van der Waals surface area contributed by atoms with E-state index in [1.807, 2.05) is 37.3 Å². The summed E-state index contributed by atoms with van der Waals surface area (Å²) in [6.45, 7) is 3.57. The first-order valence-electron chi connectivity index (χ1n) is 10.7. The van der Waals surface area contributed by atoms with E-state index in [0.29, 0.717) is 27.0 Å². The van der Waals surface area contributed by atoms with Gasteiger partial charge in [-0.3, -0.25) is 4.79 Å². The van der Waals surface area contributed by atoms with Gasteiger partial charge in [0.2, 0.25) is 0 Å². The molecule has 3 aromatic carbocycles. The summed E-state index contributed by atoms with van der Waals surface area (Å²) in [5.41, 5.74) is 1.36. The van der Waals surface area contributed by atoms with E-state index >= 15 is 0 Å². The Hall–Kier alpha value is -3.35. The van der Waals surface area contributed by atoms with Crippen LogP contribution in [0.2, 0.25) is 10.0 Å². The Morgan fingerprint density at radius 1 is 0.971 bits per heavy atom. The number of nitrogens with one attached hydrogen (secondary N) is 1. The van der Waals surface area contributed by atoms with Crippen LogP contribution in [-0.4, -0.2) is 29.3 Å². The van der Waals surface area contributed by atoms with E-state index in [1.54, 1.807) is 55.5 Å². The van der Waals surface area contributed by atoms with E-state index in [9.17, 15) is 9.59 Å². The molecule has 0 fully saturated rings. The molecule has 0 aromatic heterocycles. The van der Waals surface area contributed by atoms with Crippen molar-refractivity contribution in [2.75, 3.05) is 11.9 Å². The molecule has 8 heteroatoms. The van der Waals surface area contributed by atoms with Crippen LogP contribution in [0.1, 0.15) is 31.1 Å². The third kappa shape index (κ3) is 5.08. The van der Waals surface area contributed by atoms with Crippen molar-refractivity contribution in [3.8, 4) is 0 Å². The van der Waals surface area contributed by atoms with Crippen LogP contribution in [0.5, 0.6) is 0 Å². The van der Waals surface area contributed by atoms with Crippen molar-refractivity contribution in [1.29, 1.82) is 0 Å². The summed E-state index contributed by atoms with van der Waals surface area (Å²) in [4.78, 5) is 26.4. The second-order valence-electron chi connectivity index (χ2n) is 8.24. The standard InChI is InChI=1S/C26H23Cl2N3O3/c1-17(18-6-4-3-5-7-18)34-24(32)26(2)16-31(25(33)29-22-14-12-21(28)13-15-22)30-23(26)19-8-10-20(27)11-9-19/h3-15,17H,16H2,1-2H3,(H,29,33)/t17-,26+/m0/s1. The number of rotatable bonds is 5. The zero-order valence-corrected chi connectivity index (χ0v) is 20.2. The summed E-state index contributed by atoms with van der Waals surface area (Å²) in [6.07, 6.45) is -0.464. The van der Waals surface area contributed by atoms with Gasteiger partial charge < -0.3 is 10.1 Å². The van der Waals surface area contributed by atoms with Crippen LogP contribution in [0.3, 0.4) is 0 Å². The molecule has 1 heterocycles. The van der Waals surface area contributed by atoms with Gasteiger partial charge in [0.05, 0.1) is 12.3 Å². The first-order chi connectivity index (χ1) is 16.3. The highest BCUT2D eigenvalue weighted by atomic mass is 35.5. The fourth-order valence-electron chi connectivity index (χ4n) is 3.71. The molecule has 0 aliphatic carbocycles. The number of ether oxygens (including phenoxy) is 1. The van der Waals surface area contributed by atoms with Crippen molar-refractivity contribution in [3.05, 3.63) is 100 Å². The lowest BCUT2D eigenvalue weighted by atomic mass is 9.82. The largest absolute Gasteiger partial charge is 0.457 e. The Morgan fingerprint density at radius 2 is 1.56 bits per heavy atom. The van der Waals surface area contributed by atoms with Crippen LogP contribution in [0.25, 0.3) is 0 Å². The van der Waals surface area contributed by atoms with E-state index < -0.39 is 23.5 Å². The predicted octanol–water partition coefficient (Wildman–Crippen LogP) is 6.56. The minimum atomic E-state index is -1.19. The minimum Gasteiger partial charge on any atom is -0.457 e. The molecule has 2 amide bonds. The van der Waals surface area contributed by atoms with Crippen molar-refractivity contribution < 1.29 is 14.3 Å². The summed E-state index contributed by atoms with van der Waals surface area (Å²) in [6, 6.07) is 22.7. The molecule has 174 valence electrons. The number of benzene rings is 3. The quantitative estimate of drug-likeness (QED) is 0.407. The molecule has 0 bridgehead atoms. The zero-order valence-electron chi connectivity index (χ0n) is 18.7. The molecule has 2 atom stereocenters. The van der Waals surface area contributed by atoms with E-state index in [4.69, 9.17) is 27.9 Å². The lowest BCUT2D eigenvalue weighted by Gasteiger charge is -2.26. The van der Waals surface area contributed by atoms with E-state index in [1.165, 1.54) is 5.01 Å². The van der Waals surface area contributed by atoms with Gasteiger partial charge in [-0.2, -0.15) is 5.10 Å². The van der Waals surface area contributed by atoms with Gasteiger partial charge in [-0.05, 0) is 61.4 Å². The van der Waals surface area contributed by atoms with Gasteiger partial charge in [0.25, 0.3) is 0 Å². The lowest BCUT2D eigenvalue weighted by Crippen LogP contribution is -2.42. The molecule has 1 aliphatic heterocycles. The molecule has 4 rings (SSSR count). The number of anilines is 1. The maximum Gasteiger partial charge on any atom is 0.342 e. The Balaban J connectivity index is 1.61. The molecule has 0 saturated carbocycles. The molecular weight excluding hydrogens is 473 g/mol. The number of esters is 1. The third-order valence-corrected chi connectivity index (χ3v) is 6.16. The van der Waals surface area contributed by atoms with Crippen molar-refractivity contribution in [1.82, 2.24) is 5.01 Å². The van der Waals surface area contributed by atoms with Crippen molar-refractivity contribution in [2.24, 2.45) is 10.5 Å². The number of hydrogen-bond donors (Lipinski definition) is 1. The molecule has 3 aromatic rings. The zero-order chi connectivity index (χ0) is 24.3. The highest BCUT2D eigenvalue weighted by Gasteiger charge is 2.49. The fraction of sp³-hybridized carbons (Fsp3) is 0.192. The first-order valence-corrected chi connectivity index (χ1v) is 11.5. The van der Waals surface area contributed by atoms with Crippen LogP contribution in [0.4, 0.5) is 10.5 Å². The van der Waals surface area contributed by atoms with Gasteiger partial charge in [-0.15, -0.1) is 0 Å². The topological polar surface area (TPSA) is 71.0 Å². The van der Waals surface area contributed by atoms with Gasteiger partial charge >= 0.3 is 12.0 Å². The number of carbonyl (C=O) groups excluding carboxylic acids is 2. The SMILES string of the molecule is C[C@H](OC(=O)[C@]1(C)CN(C(=O)Nc2ccc(Cl)cc2)N=C1c1ccc(Cl)cc1)c1ccccc1. The van der Waals surface area contributed by atoms with Crippen molar-refractivity contribution in [3.63, 3.8) is 0 Å². The van der Waals surface area contributed by atoms with Crippen LogP contribution < -0.4 is 5.32 Å². The van der Waals surface area contributed by atoms with E-state index in [2.05, 4.69) is 10.4 Å². The summed E-state index contributed by atoms with van der Waals surface area (Å²) in [5.74, 6) is -0.473. The first kappa shape index (κ1) is 23.8. The Kier molecular flexibility index (Phi) is 6.91. The van der Waals surface area contributed by atoms with E-state index in [-0.39, 0.29) is 6.54 Å². The van der Waals surface area contributed by atoms with Gasteiger partial charge in [-0.1, -0.05) is 65.7 Å². The van der Waals surface area contributed by atoms with Gasteiger partial charge in [0, 0.05) is 15.7 Å². The van der Waals surface area contributed by atoms with Crippen molar-refractivity contribution in [2.45, 2.75) is 20.0 Å². The molecule has 1 aliphatic rings. The summed E-state index contributed by atoms with van der Waals surface area (Å²) >= 11 is 12.0. The number of urea groups is 1. The van der Waals surface area contributed by atoms with Gasteiger partial charge in [0.1, 0.15) is 11.5 Å². The van der Waals surface area contributed by atoms with Crippen LogP contribution >= 0.6 is 23.2 Å². The van der Waals surface area contributed by atoms with Crippen LogP contribution in [0, 0.1) is 5.41 Å². The summed E-state index contributed by atoms with van der Waals surface area (Å²) < 4.78 is 5.84. The molecular formula is C26H23Cl2N3O3. The molecule has 0 spiro atoms. The highest BCUT2D eigenvalue weighted by Crippen LogP contribution is 2.35. The van der Waals surface area contributed by atoms with Crippen molar-refractivity contribution >= 4 is 46.6 Å². The molecule has 34 heavy (non-hydrogen) atoms.